The normalized spacial score (nSPS) is 14.4. The van der Waals surface area contributed by atoms with Gasteiger partial charge in [0.1, 0.15) is 6.04 Å². The lowest BCUT2D eigenvalue weighted by Gasteiger charge is -2.28. The number of hydrogen-bond acceptors (Lipinski definition) is 4. The number of methoxy groups -OCH3 is 1. The van der Waals surface area contributed by atoms with Crippen molar-refractivity contribution in [2.24, 2.45) is 0 Å². The summed E-state index contributed by atoms with van der Waals surface area (Å²) in [6, 6.07) is -0.323. The van der Waals surface area contributed by atoms with Gasteiger partial charge in [0.25, 0.3) is 0 Å². The molecule has 0 amide bonds. The van der Waals surface area contributed by atoms with E-state index in [1.807, 2.05) is 0 Å². The number of nitrogens with zero attached hydrogens (tertiary/aromatic N) is 1. The van der Waals surface area contributed by atoms with Gasteiger partial charge in [-0.15, -0.1) is 0 Å². The average molecular weight is 189 g/mol. The van der Waals surface area contributed by atoms with Gasteiger partial charge in [0.15, 0.2) is 0 Å². The maximum absolute atomic E-state index is 11.1. The molecule has 0 radical (unpaired) electrons. The summed E-state index contributed by atoms with van der Waals surface area (Å²) >= 11 is 0. The third-order valence-electron chi connectivity index (χ3n) is 1.84. The van der Waals surface area contributed by atoms with Gasteiger partial charge in [0, 0.05) is 6.54 Å². The SMILES string of the molecule is COC(=O)C(C)N(C)CC(C)(C)O. The van der Waals surface area contributed by atoms with E-state index in [0.29, 0.717) is 6.54 Å². The van der Waals surface area contributed by atoms with Gasteiger partial charge >= 0.3 is 5.97 Å². The second-order valence-corrected chi connectivity index (χ2v) is 3.93. The maximum Gasteiger partial charge on any atom is 0.322 e. The first-order valence-corrected chi connectivity index (χ1v) is 4.28. The minimum Gasteiger partial charge on any atom is -0.468 e. The first-order chi connectivity index (χ1) is 5.78. The Labute approximate surface area is 79.5 Å². The maximum atomic E-state index is 11.1. The lowest BCUT2D eigenvalue weighted by molar-refractivity contribution is -0.146. The average Bonchev–Trinajstić information content (AvgIpc) is 1.98. The first kappa shape index (κ1) is 12.4. The van der Waals surface area contributed by atoms with Gasteiger partial charge in [-0.3, -0.25) is 9.69 Å². The minimum absolute atomic E-state index is 0.285. The molecule has 0 aliphatic carbocycles. The topological polar surface area (TPSA) is 49.8 Å². The van der Waals surface area contributed by atoms with Gasteiger partial charge in [-0.2, -0.15) is 0 Å². The van der Waals surface area contributed by atoms with Crippen LogP contribution in [0.5, 0.6) is 0 Å². The number of aliphatic hydroxyl groups is 1. The largest absolute Gasteiger partial charge is 0.468 e. The smallest absolute Gasteiger partial charge is 0.322 e. The van der Waals surface area contributed by atoms with Gasteiger partial charge in [-0.1, -0.05) is 0 Å². The van der Waals surface area contributed by atoms with Crippen LogP contribution in [-0.2, 0) is 9.53 Å². The molecule has 0 aromatic carbocycles. The summed E-state index contributed by atoms with van der Waals surface area (Å²) in [5, 5.41) is 9.50. The number of likely N-dealkylation sites (N-methyl/N-ethyl adjacent to an activating group) is 1. The quantitative estimate of drug-likeness (QED) is 0.644. The molecule has 0 aliphatic heterocycles. The van der Waals surface area contributed by atoms with Crippen molar-refractivity contribution in [3.63, 3.8) is 0 Å². The zero-order chi connectivity index (χ0) is 10.6. The summed E-state index contributed by atoms with van der Waals surface area (Å²) in [4.78, 5) is 12.8. The van der Waals surface area contributed by atoms with Crippen LogP contribution in [0.25, 0.3) is 0 Å². The van der Waals surface area contributed by atoms with Crippen LogP contribution in [0.1, 0.15) is 20.8 Å². The van der Waals surface area contributed by atoms with Crippen LogP contribution < -0.4 is 0 Å². The Morgan fingerprint density at radius 3 is 2.38 bits per heavy atom. The molecule has 0 bridgehead atoms. The molecule has 0 aromatic rings. The van der Waals surface area contributed by atoms with Gasteiger partial charge in [0.2, 0.25) is 0 Å². The summed E-state index contributed by atoms with van der Waals surface area (Å²) in [5.74, 6) is -0.285. The van der Waals surface area contributed by atoms with Gasteiger partial charge < -0.3 is 9.84 Å². The fourth-order valence-electron chi connectivity index (χ4n) is 1.10. The zero-order valence-electron chi connectivity index (χ0n) is 9.00. The Morgan fingerprint density at radius 2 is 2.08 bits per heavy atom. The number of carbonyl (C=O) groups is 1. The second-order valence-electron chi connectivity index (χ2n) is 3.93. The number of hydrogen-bond donors (Lipinski definition) is 1. The zero-order valence-corrected chi connectivity index (χ0v) is 9.00. The van der Waals surface area contributed by atoms with E-state index in [1.165, 1.54) is 7.11 Å². The number of carbonyl (C=O) groups excluding carboxylic acids is 1. The second kappa shape index (κ2) is 4.58. The van der Waals surface area contributed by atoms with Crippen LogP contribution in [-0.4, -0.2) is 48.3 Å². The Bertz CT molecular complexity index is 174. The van der Waals surface area contributed by atoms with E-state index in [9.17, 15) is 9.90 Å². The summed E-state index contributed by atoms with van der Waals surface area (Å²) in [6.45, 7) is 5.59. The molecule has 1 N–H and O–H groups in total. The van der Waals surface area contributed by atoms with Crippen LogP contribution in [0, 0.1) is 0 Å². The molecule has 0 aromatic heterocycles. The molecule has 1 unspecified atom stereocenters. The molecule has 0 rings (SSSR count). The lowest BCUT2D eigenvalue weighted by Crippen LogP contribution is -2.44. The van der Waals surface area contributed by atoms with E-state index in [1.54, 1.807) is 32.7 Å². The molecule has 0 saturated heterocycles. The van der Waals surface area contributed by atoms with E-state index >= 15 is 0 Å². The lowest BCUT2D eigenvalue weighted by atomic mass is 10.1. The predicted octanol–water partition coefficient (Wildman–Crippen LogP) is 0.251. The monoisotopic (exact) mass is 189 g/mol. The van der Waals surface area contributed by atoms with Crippen molar-refractivity contribution in [3.8, 4) is 0 Å². The predicted molar refractivity (Wildman–Crippen MR) is 50.4 cm³/mol. The Morgan fingerprint density at radius 1 is 1.62 bits per heavy atom. The van der Waals surface area contributed by atoms with E-state index in [2.05, 4.69) is 4.74 Å². The fourth-order valence-corrected chi connectivity index (χ4v) is 1.10. The first-order valence-electron chi connectivity index (χ1n) is 4.28. The highest BCUT2D eigenvalue weighted by Crippen LogP contribution is 2.06. The van der Waals surface area contributed by atoms with E-state index < -0.39 is 5.60 Å². The van der Waals surface area contributed by atoms with Crippen molar-refractivity contribution in [1.82, 2.24) is 4.90 Å². The molecule has 0 heterocycles. The molecular weight excluding hydrogens is 170 g/mol. The third-order valence-corrected chi connectivity index (χ3v) is 1.84. The van der Waals surface area contributed by atoms with Gasteiger partial charge in [-0.25, -0.2) is 0 Å². The molecule has 0 saturated carbocycles. The van der Waals surface area contributed by atoms with Crippen LogP contribution in [0.4, 0.5) is 0 Å². The van der Waals surface area contributed by atoms with Gasteiger partial charge in [-0.05, 0) is 27.8 Å². The molecule has 0 fully saturated rings. The molecular formula is C9H19NO3. The summed E-state index contributed by atoms with van der Waals surface area (Å²) in [7, 11) is 3.14. The summed E-state index contributed by atoms with van der Waals surface area (Å²) < 4.78 is 4.59. The molecule has 13 heavy (non-hydrogen) atoms. The van der Waals surface area contributed by atoms with Crippen LogP contribution in [0.3, 0.4) is 0 Å². The highest BCUT2D eigenvalue weighted by Gasteiger charge is 2.23. The summed E-state index contributed by atoms with van der Waals surface area (Å²) in [5.41, 5.74) is -0.795. The summed E-state index contributed by atoms with van der Waals surface area (Å²) in [6.07, 6.45) is 0. The molecule has 1 atom stereocenters. The van der Waals surface area contributed by atoms with E-state index in [4.69, 9.17) is 0 Å². The van der Waals surface area contributed by atoms with Gasteiger partial charge in [0.05, 0.1) is 12.7 Å². The molecule has 78 valence electrons. The number of esters is 1. The van der Waals surface area contributed by atoms with E-state index in [0.717, 1.165) is 0 Å². The molecule has 4 nitrogen and oxygen atoms in total. The molecule has 4 heteroatoms. The highest BCUT2D eigenvalue weighted by molar-refractivity contribution is 5.75. The Kier molecular flexibility index (Phi) is 4.36. The Hall–Kier alpha value is -0.610. The van der Waals surface area contributed by atoms with Crippen molar-refractivity contribution >= 4 is 5.97 Å². The van der Waals surface area contributed by atoms with Crippen molar-refractivity contribution in [2.75, 3.05) is 20.7 Å². The standard InChI is InChI=1S/C9H19NO3/c1-7(8(11)13-5)10(4)6-9(2,3)12/h7,12H,6H2,1-5H3. The van der Waals surface area contributed by atoms with Crippen LogP contribution >= 0.6 is 0 Å². The highest BCUT2D eigenvalue weighted by atomic mass is 16.5. The van der Waals surface area contributed by atoms with Crippen LogP contribution in [0.2, 0.25) is 0 Å². The van der Waals surface area contributed by atoms with E-state index in [-0.39, 0.29) is 12.0 Å². The van der Waals surface area contributed by atoms with Crippen molar-refractivity contribution < 1.29 is 14.6 Å². The van der Waals surface area contributed by atoms with Crippen molar-refractivity contribution in [1.29, 1.82) is 0 Å². The molecule has 0 spiro atoms. The van der Waals surface area contributed by atoms with Crippen molar-refractivity contribution in [3.05, 3.63) is 0 Å². The number of rotatable bonds is 4. The van der Waals surface area contributed by atoms with Crippen molar-refractivity contribution in [2.45, 2.75) is 32.4 Å². The minimum atomic E-state index is -0.795. The number of ether oxygens (including phenoxy) is 1. The fraction of sp³-hybridized carbons (Fsp3) is 0.889. The molecule has 0 aliphatic rings. The Balaban J connectivity index is 4.11. The van der Waals surface area contributed by atoms with Crippen LogP contribution in [0.15, 0.2) is 0 Å². The third kappa shape index (κ3) is 4.85.